The Morgan fingerprint density at radius 1 is 1.35 bits per heavy atom. The summed E-state index contributed by atoms with van der Waals surface area (Å²) in [6.45, 7) is 2.91. The zero-order chi connectivity index (χ0) is 19.2. The van der Waals surface area contributed by atoms with Gasteiger partial charge >= 0.3 is 12.1 Å². The van der Waals surface area contributed by atoms with Crippen LogP contribution in [0.3, 0.4) is 0 Å². The molecule has 1 aliphatic carbocycles. The van der Waals surface area contributed by atoms with E-state index >= 15 is 0 Å². The van der Waals surface area contributed by atoms with Gasteiger partial charge < -0.3 is 10.0 Å². The third-order valence-corrected chi connectivity index (χ3v) is 5.38. The highest BCUT2D eigenvalue weighted by molar-refractivity contribution is 5.96. The molecule has 2 aliphatic rings. The second-order valence-corrected chi connectivity index (χ2v) is 7.22. The number of halogens is 3. The largest absolute Gasteiger partial charge is 0.481 e. The number of likely N-dealkylation sites (tertiary alicyclic amines) is 1. The third-order valence-electron chi connectivity index (χ3n) is 5.38. The number of hydrogen-bond acceptors (Lipinski definition) is 3. The molecule has 2 fully saturated rings. The molecule has 6 nitrogen and oxygen atoms in total. The molecule has 0 bridgehead atoms. The minimum Gasteiger partial charge on any atom is -0.481 e. The standard InChI is InChI=1S/C17H22F3N3O3/c1-3-9(2)23-14(10-4-5-10)11(6-21-23)15(24)22-7-12(16(25)26)13(8-22)17(18,19)20/h6,9-10,12-13H,3-5,7-8H2,1-2H3,(H,25,26)/t9?,12-,13-/m1/s1. The normalized spacial score (nSPS) is 24.7. The lowest BCUT2D eigenvalue weighted by Gasteiger charge is -2.19. The van der Waals surface area contributed by atoms with Crippen molar-refractivity contribution in [1.82, 2.24) is 14.7 Å². The summed E-state index contributed by atoms with van der Waals surface area (Å²) < 4.78 is 41.3. The summed E-state index contributed by atoms with van der Waals surface area (Å²) in [7, 11) is 0. The van der Waals surface area contributed by atoms with Crippen molar-refractivity contribution in [2.45, 2.75) is 51.2 Å². The van der Waals surface area contributed by atoms with Crippen LogP contribution in [0.15, 0.2) is 6.20 Å². The second-order valence-electron chi connectivity index (χ2n) is 7.22. The lowest BCUT2D eigenvalue weighted by Crippen LogP contribution is -2.34. The molecule has 1 unspecified atom stereocenters. The van der Waals surface area contributed by atoms with Crippen molar-refractivity contribution in [3.05, 3.63) is 17.5 Å². The van der Waals surface area contributed by atoms with Crippen LogP contribution >= 0.6 is 0 Å². The number of carbonyl (C=O) groups is 2. The number of aliphatic carboxylic acids is 1. The predicted molar refractivity (Wildman–Crippen MR) is 85.8 cm³/mol. The number of amides is 1. The lowest BCUT2D eigenvalue weighted by molar-refractivity contribution is -0.187. The molecule has 0 aromatic carbocycles. The molecule has 3 atom stereocenters. The summed E-state index contributed by atoms with van der Waals surface area (Å²) in [5.74, 6) is -5.56. The van der Waals surface area contributed by atoms with Crippen LogP contribution in [0.4, 0.5) is 13.2 Å². The summed E-state index contributed by atoms with van der Waals surface area (Å²) in [4.78, 5) is 25.1. The second kappa shape index (κ2) is 6.59. The summed E-state index contributed by atoms with van der Waals surface area (Å²) >= 11 is 0. The van der Waals surface area contributed by atoms with Gasteiger partial charge in [-0.25, -0.2) is 0 Å². The molecular formula is C17H22F3N3O3. The Morgan fingerprint density at radius 3 is 2.46 bits per heavy atom. The van der Waals surface area contributed by atoms with Crippen molar-refractivity contribution in [2.24, 2.45) is 11.8 Å². The van der Waals surface area contributed by atoms with Gasteiger partial charge in [0.15, 0.2) is 0 Å². The van der Waals surface area contributed by atoms with E-state index < -0.39 is 43.0 Å². The van der Waals surface area contributed by atoms with Gasteiger partial charge in [-0.3, -0.25) is 14.3 Å². The topological polar surface area (TPSA) is 75.4 Å². The summed E-state index contributed by atoms with van der Waals surface area (Å²) in [6.07, 6.45) is -0.580. The van der Waals surface area contributed by atoms with E-state index in [1.54, 1.807) is 4.68 Å². The van der Waals surface area contributed by atoms with Crippen LogP contribution in [0, 0.1) is 11.8 Å². The zero-order valence-electron chi connectivity index (χ0n) is 14.7. The molecule has 0 radical (unpaired) electrons. The molecular weight excluding hydrogens is 351 g/mol. The van der Waals surface area contributed by atoms with Gasteiger partial charge in [-0.15, -0.1) is 0 Å². The first-order valence-electron chi connectivity index (χ1n) is 8.81. The maximum Gasteiger partial charge on any atom is 0.394 e. The molecule has 1 amide bonds. The number of carbonyl (C=O) groups excluding carboxylic acids is 1. The van der Waals surface area contributed by atoms with Crippen molar-refractivity contribution < 1.29 is 27.9 Å². The molecule has 1 aromatic rings. The fourth-order valence-corrected chi connectivity index (χ4v) is 3.55. The van der Waals surface area contributed by atoms with E-state index in [-0.39, 0.29) is 12.0 Å². The minimum absolute atomic E-state index is 0.0837. The van der Waals surface area contributed by atoms with Gasteiger partial charge in [0.2, 0.25) is 0 Å². The van der Waals surface area contributed by atoms with Gasteiger partial charge in [-0.1, -0.05) is 6.92 Å². The smallest absolute Gasteiger partial charge is 0.394 e. The Labute approximate surface area is 149 Å². The van der Waals surface area contributed by atoms with Crippen LogP contribution < -0.4 is 0 Å². The van der Waals surface area contributed by atoms with Gasteiger partial charge in [-0.2, -0.15) is 18.3 Å². The average Bonchev–Trinajstić information content (AvgIpc) is 3.13. The molecule has 9 heteroatoms. The van der Waals surface area contributed by atoms with Crippen molar-refractivity contribution in [3.8, 4) is 0 Å². The first-order chi connectivity index (χ1) is 12.1. The number of hydrogen-bond donors (Lipinski definition) is 1. The Bertz CT molecular complexity index is 712. The first kappa shape index (κ1) is 18.7. The number of carboxylic acid groups (broad SMARTS) is 1. The van der Waals surface area contributed by atoms with E-state index in [0.717, 1.165) is 29.9 Å². The molecule has 3 rings (SSSR count). The van der Waals surface area contributed by atoms with E-state index in [1.165, 1.54) is 6.20 Å². The van der Waals surface area contributed by atoms with Gasteiger partial charge in [0.1, 0.15) is 0 Å². The lowest BCUT2D eigenvalue weighted by atomic mass is 9.96. The molecule has 0 spiro atoms. The monoisotopic (exact) mass is 373 g/mol. The van der Waals surface area contributed by atoms with Crippen molar-refractivity contribution >= 4 is 11.9 Å². The Hall–Kier alpha value is -2.06. The fourth-order valence-electron chi connectivity index (χ4n) is 3.55. The van der Waals surface area contributed by atoms with Gasteiger partial charge in [0, 0.05) is 25.0 Å². The number of aromatic nitrogens is 2. The third kappa shape index (κ3) is 3.31. The van der Waals surface area contributed by atoms with Gasteiger partial charge in [0.25, 0.3) is 5.91 Å². The van der Waals surface area contributed by atoms with Crippen molar-refractivity contribution in [1.29, 1.82) is 0 Å². The highest BCUT2D eigenvalue weighted by Gasteiger charge is 2.54. The van der Waals surface area contributed by atoms with E-state index in [9.17, 15) is 22.8 Å². The molecule has 2 heterocycles. The SMILES string of the molecule is CCC(C)n1ncc(C(=O)N2C[C@@H](C(F)(F)F)[C@H](C(=O)O)C2)c1C1CC1. The van der Waals surface area contributed by atoms with Crippen LogP contribution in [0.5, 0.6) is 0 Å². The molecule has 1 saturated heterocycles. The number of alkyl halides is 3. The Balaban J connectivity index is 1.88. The highest BCUT2D eigenvalue weighted by Crippen LogP contribution is 2.44. The summed E-state index contributed by atoms with van der Waals surface area (Å²) in [5.41, 5.74) is 1.08. The maximum absolute atomic E-state index is 13.2. The Morgan fingerprint density at radius 2 is 2.00 bits per heavy atom. The molecule has 144 valence electrons. The van der Waals surface area contributed by atoms with Crippen LogP contribution in [0.1, 0.15) is 61.1 Å². The maximum atomic E-state index is 13.2. The molecule has 1 saturated carbocycles. The predicted octanol–water partition coefficient (Wildman–Crippen LogP) is 3.07. The fraction of sp³-hybridized carbons (Fsp3) is 0.706. The molecule has 1 aliphatic heterocycles. The van der Waals surface area contributed by atoms with Crippen LogP contribution in [-0.2, 0) is 4.79 Å². The number of carboxylic acids is 1. The van der Waals surface area contributed by atoms with Crippen LogP contribution in [0.25, 0.3) is 0 Å². The summed E-state index contributed by atoms with van der Waals surface area (Å²) in [6, 6.07) is 0.0837. The van der Waals surface area contributed by atoms with Crippen molar-refractivity contribution in [2.75, 3.05) is 13.1 Å². The van der Waals surface area contributed by atoms with Gasteiger partial charge in [0.05, 0.1) is 29.3 Å². The zero-order valence-corrected chi connectivity index (χ0v) is 14.7. The number of rotatable bonds is 5. The first-order valence-corrected chi connectivity index (χ1v) is 8.81. The van der Waals surface area contributed by atoms with Crippen LogP contribution in [-0.4, -0.2) is 50.9 Å². The van der Waals surface area contributed by atoms with E-state index in [1.807, 2.05) is 13.8 Å². The van der Waals surface area contributed by atoms with Crippen LogP contribution in [0.2, 0.25) is 0 Å². The summed E-state index contributed by atoms with van der Waals surface area (Å²) in [5, 5.41) is 13.4. The van der Waals surface area contributed by atoms with E-state index in [0.29, 0.717) is 5.56 Å². The van der Waals surface area contributed by atoms with Gasteiger partial charge in [-0.05, 0) is 26.2 Å². The molecule has 1 aromatic heterocycles. The molecule has 26 heavy (non-hydrogen) atoms. The quantitative estimate of drug-likeness (QED) is 0.861. The molecule has 1 N–H and O–H groups in total. The van der Waals surface area contributed by atoms with Crippen molar-refractivity contribution in [3.63, 3.8) is 0 Å². The van der Waals surface area contributed by atoms with E-state index in [2.05, 4.69) is 5.10 Å². The van der Waals surface area contributed by atoms with E-state index in [4.69, 9.17) is 5.11 Å². The average molecular weight is 373 g/mol. The highest BCUT2D eigenvalue weighted by atomic mass is 19.4. The minimum atomic E-state index is -4.65. The Kier molecular flexibility index (Phi) is 4.74. The number of nitrogens with zero attached hydrogens (tertiary/aromatic N) is 3.